The van der Waals surface area contributed by atoms with Gasteiger partial charge in [-0.1, -0.05) is 30.3 Å². The number of phenols is 1. The smallest absolute Gasteiger partial charge is 0.303 e. The summed E-state index contributed by atoms with van der Waals surface area (Å²) in [6, 6.07) is 22.8. The van der Waals surface area contributed by atoms with Crippen LogP contribution in [0.3, 0.4) is 0 Å². The van der Waals surface area contributed by atoms with Crippen molar-refractivity contribution in [2.45, 2.75) is 25.7 Å². The summed E-state index contributed by atoms with van der Waals surface area (Å²) in [6.07, 6.45) is 2.47. The van der Waals surface area contributed by atoms with Crippen molar-refractivity contribution in [2.24, 2.45) is 0 Å². The number of imidazole rings is 1. The highest BCUT2D eigenvalue weighted by Gasteiger charge is 2.15. The monoisotopic (exact) mass is 416 g/mol. The second kappa shape index (κ2) is 9.34. The molecule has 4 rings (SSSR count). The number of aromatic hydroxyl groups is 1. The summed E-state index contributed by atoms with van der Waals surface area (Å²) in [5.41, 5.74) is 3.64. The molecule has 6 nitrogen and oxygen atoms in total. The van der Waals surface area contributed by atoms with Crippen molar-refractivity contribution in [1.29, 1.82) is 0 Å². The predicted octanol–water partition coefficient (Wildman–Crippen LogP) is 5.42. The number of phenolic OH excluding ortho intramolecular Hbond substituents is 1. The maximum Gasteiger partial charge on any atom is 0.303 e. The zero-order valence-corrected chi connectivity index (χ0v) is 17.1. The maximum absolute atomic E-state index is 10.6. The van der Waals surface area contributed by atoms with Gasteiger partial charge in [-0.2, -0.15) is 0 Å². The molecule has 3 aromatic carbocycles. The number of aliphatic carboxylic acids is 1. The van der Waals surface area contributed by atoms with Crippen molar-refractivity contribution >= 4 is 17.0 Å². The normalized spacial score (nSPS) is 11.0. The number of carboxylic acid groups (broad SMARTS) is 1. The fourth-order valence-corrected chi connectivity index (χ4v) is 3.53. The van der Waals surface area contributed by atoms with Gasteiger partial charge < -0.3 is 14.9 Å². The number of carbonyl (C=O) groups is 1. The number of carboxylic acids is 1. The van der Waals surface area contributed by atoms with Crippen molar-refractivity contribution in [3.63, 3.8) is 0 Å². The Bertz CT molecular complexity index is 1170. The average Bonchev–Trinajstić information content (AvgIpc) is 3.16. The van der Waals surface area contributed by atoms with E-state index in [0.717, 1.165) is 46.7 Å². The van der Waals surface area contributed by atoms with Crippen LogP contribution in [0.2, 0.25) is 0 Å². The first-order valence-electron chi connectivity index (χ1n) is 10.3. The molecule has 0 aliphatic rings. The van der Waals surface area contributed by atoms with Gasteiger partial charge in [0.15, 0.2) is 0 Å². The van der Waals surface area contributed by atoms with E-state index in [1.807, 2.05) is 60.7 Å². The Morgan fingerprint density at radius 2 is 1.71 bits per heavy atom. The van der Waals surface area contributed by atoms with Crippen LogP contribution in [0.15, 0.2) is 72.8 Å². The minimum Gasteiger partial charge on any atom is -0.508 e. The maximum atomic E-state index is 10.6. The third-order valence-electron chi connectivity index (χ3n) is 5.07. The van der Waals surface area contributed by atoms with Crippen LogP contribution in [-0.2, 0) is 4.79 Å². The third kappa shape index (κ3) is 4.86. The average molecular weight is 416 g/mol. The fraction of sp³-hybridized carbons (Fsp3) is 0.200. The van der Waals surface area contributed by atoms with Crippen molar-refractivity contribution in [1.82, 2.24) is 9.55 Å². The molecular weight excluding hydrogens is 392 g/mol. The summed E-state index contributed by atoms with van der Waals surface area (Å²) < 4.78 is 7.98. The highest BCUT2D eigenvalue weighted by Crippen LogP contribution is 2.31. The second-order valence-electron chi connectivity index (χ2n) is 7.36. The summed E-state index contributed by atoms with van der Waals surface area (Å²) >= 11 is 0. The molecule has 1 heterocycles. The van der Waals surface area contributed by atoms with E-state index in [4.69, 9.17) is 14.8 Å². The number of hydrogen-bond acceptors (Lipinski definition) is 4. The molecule has 0 saturated heterocycles. The highest BCUT2D eigenvalue weighted by molar-refractivity contribution is 5.84. The minimum absolute atomic E-state index is 0.194. The summed E-state index contributed by atoms with van der Waals surface area (Å²) in [5, 5.41) is 18.4. The number of rotatable bonds is 9. The molecule has 0 amide bonds. The summed E-state index contributed by atoms with van der Waals surface area (Å²) in [5.74, 6) is 1.00. The van der Waals surface area contributed by atoms with E-state index in [-0.39, 0.29) is 12.2 Å². The summed E-state index contributed by atoms with van der Waals surface area (Å²) in [7, 11) is 0. The molecule has 0 aliphatic heterocycles. The first-order valence-corrected chi connectivity index (χ1v) is 10.3. The predicted molar refractivity (Wildman–Crippen MR) is 120 cm³/mol. The molecule has 6 heteroatoms. The van der Waals surface area contributed by atoms with Gasteiger partial charge in [0, 0.05) is 23.7 Å². The lowest BCUT2D eigenvalue weighted by molar-refractivity contribution is -0.137. The van der Waals surface area contributed by atoms with Gasteiger partial charge in [0.25, 0.3) is 0 Å². The first kappa shape index (κ1) is 20.5. The molecule has 0 saturated carbocycles. The molecule has 0 spiro atoms. The quantitative estimate of drug-likeness (QED) is 0.356. The molecule has 0 aliphatic carbocycles. The van der Waals surface area contributed by atoms with Gasteiger partial charge in [0.1, 0.15) is 17.3 Å². The lowest BCUT2D eigenvalue weighted by Gasteiger charge is -2.11. The molecule has 0 unspecified atom stereocenters. The number of hydrogen-bond donors (Lipinski definition) is 2. The van der Waals surface area contributed by atoms with E-state index >= 15 is 0 Å². The summed E-state index contributed by atoms with van der Waals surface area (Å²) in [4.78, 5) is 15.4. The minimum atomic E-state index is -0.761. The molecule has 0 atom stereocenters. The van der Waals surface area contributed by atoms with Crippen LogP contribution < -0.4 is 4.74 Å². The second-order valence-corrected chi connectivity index (χ2v) is 7.36. The van der Waals surface area contributed by atoms with Crippen LogP contribution in [0, 0.1) is 0 Å². The van der Waals surface area contributed by atoms with Crippen molar-refractivity contribution < 1.29 is 19.7 Å². The Morgan fingerprint density at radius 3 is 2.45 bits per heavy atom. The molecule has 158 valence electrons. The Balaban J connectivity index is 1.63. The van der Waals surface area contributed by atoms with E-state index in [2.05, 4.69) is 4.57 Å². The highest BCUT2D eigenvalue weighted by atomic mass is 16.5. The molecule has 0 bridgehead atoms. The van der Waals surface area contributed by atoms with E-state index < -0.39 is 5.97 Å². The zero-order chi connectivity index (χ0) is 21.6. The zero-order valence-electron chi connectivity index (χ0n) is 17.1. The number of nitrogens with zero attached hydrogens (tertiary/aromatic N) is 2. The largest absolute Gasteiger partial charge is 0.508 e. The number of fused-ring (bicyclic) bond motifs is 1. The lowest BCUT2D eigenvalue weighted by Crippen LogP contribution is -2.00. The Kier molecular flexibility index (Phi) is 6.17. The first-order chi connectivity index (χ1) is 15.1. The molecule has 31 heavy (non-hydrogen) atoms. The van der Waals surface area contributed by atoms with Crippen molar-refractivity contribution in [3.05, 3.63) is 72.8 Å². The fourth-order valence-electron chi connectivity index (χ4n) is 3.53. The molecule has 4 aromatic rings. The van der Waals surface area contributed by atoms with E-state index in [1.54, 1.807) is 12.1 Å². The van der Waals surface area contributed by atoms with Crippen LogP contribution >= 0.6 is 0 Å². The van der Waals surface area contributed by atoms with Crippen LogP contribution in [0.1, 0.15) is 25.7 Å². The molecule has 1 aromatic heterocycles. The Morgan fingerprint density at radius 1 is 0.935 bits per heavy atom. The molecular formula is C25H24N2O4. The van der Waals surface area contributed by atoms with Gasteiger partial charge in [-0.15, -0.1) is 0 Å². The molecule has 2 N–H and O–H groups in total. The van der Waals surface area contributed by atoms with Gasteiger partial charge in [-0.3, -0.25) is 9.36 Å². The standard InChI is InChI=1S/C25H24N2O4/c28-20-12-10-19(11-13-20)27-23-17-21(31-16-6-2-5-9-24(29)30)14-15-22(23)26-25(27)18-7-3-1-4-8-18/h1,3-4,7-8,10-15,17,28H,2,5-6,9,16H2,(H,29,30). The van der Waals surface area contributed by atoms with Gasteiger partial charge in [-0.25, -0.2) is 4.98 Å². The van der Waals surface area contributed by atoms with Crippen molar-refractivity contribution in [3.8, 4) is 28.6 Å². The van der Waals surface area contributed by atoms with Crippen LogP contribution in [0.5, 0.6) is 11.5 Å². The lowest BCUT2D eigenvalue weighted by atomic mass is 10.2. The van der Waals surface area contributed by atoms with Crippen LogP contribution in [0.4, 0.5) is 0 Å². The van der Waals surface area contributed by atoms with Gasteiger partial charge in [0.2, 0.25) is 0 Å². The number of aromatic nitrogens is 2. The SMILES string of the molecule is O=C(O)CCCCCOc1ccc2nc(-c3ccccc3)n(-c3ccc(O)cc3)c2c1. The van der Waals surface area contributed by atoms with E-state index in [0.29, 0.717) is 13.0 Å². The number of unbranched alkanes of at least 4 members (excludes halogenated alkanes) is 2. The van der Waals surface area contributed by atoms with Gasteiger partial charge in [0.05, 0.1) is 17.6 Å². The van der Waals surface area contributed by atoms with Gasteiger partial charge >= 0.3 is 5.97 Å². The summed E-state index contributed by atoms with van der Waals surface area (Å²) in [6.45, 7) is 0.532. The van der Waals surface area contributed by atoms with Crippen LogP contribution in [-0.4, -0.2) is 32.3 Å². The molecule has 0 radical (unpaired) electrons. The topological polar surface area (TPSA) is 84.6 Å². The van der Waals surface area contributed by atoms with Crippen LogP contribution in [0.25, 0.3) is 28.1 Å². The number of benzene rings is 3. The third-order valence-corrected chi connectivity index (χ3v) is 5.07. The van der Waals surface area contributed by atoms with Crippen molar-refractivity contribution in [2.75, 3.05) is 6.61 Å². The van der Waals surface area contributed by atoms with E-state index in [1.165, 1.54) is 0 Å². The Hall–Kier alpha value is -3.80. The Labute approximate surface area is 180 Å². The van der Waals surface area contributed by atoms with E-state index in [9.17, 15) is 9.90 Å². The molecule has 0 fully saturated rings. The number of ether oxygens (including phenoxy) is 1. The van der Waals surface area contributed by atoms with Gasteiger partial charge in [-0.05, 0) is 55.7 Å².